The number of hydrogen-bond donors (Lipinski definition) is 1. The average molecular weight is 427 g/mol. The van der Waals surface area contributed by atoms with Crippen LogP contribution in [-0.2, 0) is 4.74 Å². The van der Waals surface area contributed by atoms with Gasteiger partial charge in [-0.1, -0.05) is 0 Å². The fourth-order valence-corrected chi connectivity index (χ4v) is 2.75. The number of carbonyl (C=O) groups excluding carboxylic acids is 1. The second-order valence-electron chi connectivity index (χ2n) is 5.11. The van der Waals surface area contributed by atoms with Crippen LogP contribution in [0.5, 0.6) is 0 Å². The number of aromatic nitrogens is 2. The van der Waals surface area contributed by atoms with E-state index >= 15 is 0 Å². The first-order valence-corrected chi connectivity index (χ1v) is 7.85. The number of nitrogens with one attached hydrogen (secondary N) is 1. The summed E-state index contributed by atoms with van der Waals surface area (Å²) in [5, 5.41) is 3.82. The van der Waals surface area contributed by atoms with Crippen LogP contribution in [0.25, 0.3) is 11.0 Å². The van der Waals surface area contributed by atoms with Gasteiger partial charge in [0.25, 0.3) is 0 Å². The first kappa shape index (κ1) is 19.1. The van der Waals surface area contributed by atoms with Crippen LogP contribution in [0, 0.1) is 12.7 Å². The van der Waals surface area contributed by atoms with Crippen molar-refractivity contribution >= 4 is 56.7 Å². The molecule has 3 aromatic rings. The van der Waals surface area contributed by atoms with E-state index in [0.29, 0.717) is 26.9 Å². The summed E-state index contributed by atoms with van der Waals surface area (Å²) in [5.41, 5.74) is 2.70. The Morgan fingerprint density at radius 3 is 2.72 bits per heavy atom. The number of esters is 1. The Morgan fingerprint density at radius 2 is 2.04 bits per heavy atom. The second-order valence-corrected chi connectivity index (χ2v) is 5.97. The zero-order valence-corrected chi connectivity index (χ0v) is 15.7. The van der Waals surface area contributed by atoms with Gasteiger partial charge in [0.1, 0.15) is 11.4 Å². The quantitative estimate of drug-likeness (QED) is 0.610. The molecule has 2 aromatic heterocycles. The molecule has 0 unspecified atom stereocenters. The van der Waals surface area contributed by atoms with Crippen molar-refractivity contribution in [2.45, 2.75) is 6.92 Å². The number of nitrogens with zero attached hydrogens (tertiary/aromatic N) is 2. The Balaban J connectivity index is 0.00000225. The number of halogens is 3. The van der Waals surface area contributed by atoms with Crippen LogP contribution in [0.15, 0.2) is 41.0 Å². The summed E-state index contributed by atoms with van der Waals surface area (Å²) in [7, 11) is 1.30. The number of methoxy groups -OCH3 is 1. The van der Waals surface area contributed by atoms with Gasteiger partial charge in [-0.15, -0.1) is 12.4 Å². The van der Waals surface area contributed by atoms with E-state index in [1.807, 2.05) is 19.1 Å². The fourth-order valence-electron chi connectivity index (χ4n) is 2.30. The van der Waals surface area contributed by atoms with Crippen molar-refractivity contribution in [2.75, 3.05) is 12.4 Å². The molecule has 0 amide bonds. The molecule has 2 heterocycles. The molecule has 0 spiro atoms. The molecule has 0 saturated heterocycles. The number of pyridine rings is 2. The number of benzene rings is 1. The largest absolute Gasteiger partial charge is 0.465 e. The minimum atomic E-state index is -0.522. The van der Waals surface area contributed by atoms with Crippen molar-refractivity contribution in [1.29, 1.82) is 0 Å². The van der Waals surface area contributed by atoms with Crippen LogP contribution in [0.2, 0.25) is 0 Å². The van der Waals surface area contributed by atoms with Crippen molar-refractivity contribution in [2.24, 2.45) is 0 Å². The summed E-state index contributed by atoms with van der Waals surface area (Å²) in [4.78, 5) is 20.7. The minimum Gasteiger partial charge on any atom is -0.465 e. The first-order valence-electron chi connectivity index (χ1n) is 7.06. The molecule has 0 radical (unpaired) electrons. The molecule has 130 valence electrons. The Kier molecular flexibility index (Phi) is 5.92. The zero-order valence-electron chi connectivity index (χ0n) is 13.3. The second kappa shape index (κ2) is 7.76. The highest BCUT2D eigenvalue weighted by molar-refractivity contribution is 9.10. The lowest BCUT2D eigenvalue weighted by atomic mass is 10.1. The van der Waals surface area contributed by atoms with Crippen molar-refractivity contribution in [3.8, 4) is 0 Å². The third-order valence-corrected chi connectivity index (χ3v) is 4.12. The van der Waals surface area contributed by atoms with Crippen molar-refractivity contribution in [1.82, 2.24) is 9.97 Å². The molecule has 0 fully saturated rings. The number of fused-ring (bicyclic) bond motifs is 1. The van der Waals surface area contributed by atoms with Crippen LogP contribution in [-0.4, -0.2) is 23.0 Å². The summed E-state index contributed by atoms with van der Waals surface area (Å²) in [6.07, 6.45) is 1.42. The molecule has 0 aliphatic heterocycles. The third kappa shape index (κ3) is 3.88. The van der Waals surface area contributed by atoms with E-state index in [0.717, 1.165) is 5.69 Å². The molecule has 0 aliphatic carbocycles. The van der Waals surface area contributed by atoms with Crippen LogP contribution < -0.4 is 5.32 Å². The number of hydrogen-bond acceptors (Lipinski definition) is 5. The Hall–Kier alpha value is -2.25. The monoisotopic (exact) mass is 425 g/mol. The number of ether oxygens (including phenoxy) is 1. The maximum atomic E-state index is 13.3. The van der Waals surface area contributed by atoms with E-state index in [-0.39, 0.29) is 23.8 Å². The maximum absolute atomic E-state index is 13.3. The Labute approximate surface area is 158 Å². The predicted molar refractivity (Wildman–Crippen MR) is 100 cm³/mol. The smallest absolute Gasteiger partial charge is 0.341 e. The topological polar surface area (TPSA) is 64.1 Å². The predicted octanol–water partition coefficient (Wildman–Crippen LogP) is 4.79. The van der Waals surface area contributed by atoms with Crippen LogP contribution >= 0.6 is 28.3 Å². The molecule has 25 heavy (non-hydrogen) atoms. The van der Waals surface area contributed by atoms with Crippen molar-refractivity contribution in [3.05, 3.63) is 58.1 Å². The molecule has 0 saturated carbocycles. The van der Waals surface area contributed by atoms with Crippen LogP contribution in [0.1, 0.15) is 16.1 Å². The molecule has 3 rings (SSSR count). The van der Waals surface area contributed by atoms with Gasteiger partial charge in [-0.05, 0) is 53.2 Å². The number of aryl methyl sites for hydroxylation is 1. The molecular weight excluding hydrogens is 413 g/mol. The summed E-state index contributed by atoms with van der Waals surface area (Å²) >= 11 is 3.31. The fraction of sp³-hybridized carbons (Fsp3) is 0.118. The van der Waals surface area contributed by atoms with Gasteiger partial charge in [-0.3, -0.25) is 0 Å². The SMILES string of the molecule is COC(=O)c1cnc2nc(C)ccc2c1Nc1ccc(F)cc1Br.Cl. The molecule has 0 atom stereocenters. The minimum absolute atomic E-state index is 0. The van der Waals surface area contributed by atoms with Gasteiger partial charge in [-0.2, -0.15) is 0 Å². The normalized spacial score (nSPS) is 10.2. The number of rotatable bonds is 3. The van der Waals surface area contributed by atoms with Gasteiger partial charge >= 0.3 is 5.97 Å². The zero-order chi connectivity index (χ0) is 17.3. The van der Waals surface area contributed by atoms with E-state index in [1.54, 1.807) is 6.07 Å². The molecular formula is C17H14BrClFN3O2. The highest BCUT2D eigenvalue weighted by atomic mass is 79.9. The van der Waals surface area contributed by atoms with Gasteiger partial charge in [0.2, 0.25) is 0 Å². The van der Waals surface area contributed by atoms with Gasteiger partial charge < -0.3 is 10.1 Å². The molecule has 1 aromatic carbocycles. The van der Waals surface area contributed by atoms with E-state index in [1.165, 1.54) is 25.4 Å². The van der Waals surface area contributed by atoms with Gasteiger partial charge in [0.05, 0.1) is 18.5 Å². The summed E-state index contributed by atoms with van der Waals surface area (Å²) < 4.78 is 18.7. The Morgan fingerprint density at radius 1 is 1.28 bits per heavy atom. The van der Waals surface area contributed by atoms with Gasteiger partial charge in [0.15, 0.2) is 5.65 Å². The van der Waals surface area contributed by atoms with Crippen molar-refractivity contribution in [3.63, 3.8) is 0 Å². The summed E-state index contributed by atoms with van der Waals surface area (Å²) in [6.45, 7) is 1.86. The number of carbonyl (C=O) groups is 1. The molecule has 1 N–H and O–H groups in total. The highest BCUT2D eigenvalue weighted by Gasteiger charge is 2.18. The maximum Gasteiger partial charge on any atom is 0.341 e. The molecule has 0 aliphatic rings. The highest BCUT2D eigenvalue weighted by Crippen LogP contribution is 2.32. The third-order valence-electron chi connectivity index (χ3n) is 3.47. The van der Waals surface area contributed by atoms with E-state index in [9.17, 15) is 9.18 Å². The van der Waals surface area contributed by atoms with E-state index in [4.69, 9.17) is 4.74 Å². The standard InChI is InChI=1S/C17H13BrFN3O2.ClH/c1-9-3-5-11-15(22-14-6-4-10(19)7-13(14)18)12(17(23)24-2)8-20-16(11)21-9;/h3-8H,1-2H3,(H,20,21,22);1H. The van der Waals surface area contributed by atoms with Gasteiger partial charge in [-0.25, -0.2) is 19.2 Å². The summed E-state index contributed by atoms with van der Waals surface area (Å²) in [6, 6.07) is 7.91. The Bertz CT molecular complexity index is 953. The molecule has 0 bridgehead atoms. The van der Waals surface area contributed by atoms with Gasteiger partial charge in [0, 0.05) is 21.7 Å². The average Bonchev–Trinajstić information content (AvgIpc) is 2.56. The lowest BCUT2D eigenvalue weighted by Gasteiger charge is -2.14. The lowest BCUT2D eigenvalue weighted by Crippen LogP contribution is -2.08. The van der Waals surface area contributed by atoms with Crippen LogP contribution in [0.4, 0.5) is 15.8 Å². The van der Waals surface area contributed by atoms with Crippen molar-refractivity contribution < 1.29 is 13.9 Å². The first-order chi connectivity index (χ1) is 11.5. The summed E-state index contributed by atoms with van der Waals surface area (Å²) in [5.74, 6) is -0.886. The number of anilines is 2. The van der Waals surface area contributed by atoms with E-state index in [2.05, 4.69) is 31.2 Å². The molecule has 8 heteroatoms. The van der Waals surface area contributed by atoms with Crippen LogP contribution in [0.3, 0.4) is 0 Å². The van der Waals surface area contributed by atoms with E-state index < -0.39 is 5.97 Å². The molecule has 5 nitrogen and oxygen atoms in total. The lowest BCUT2D eigenvalue weighted by molar-refractivity contribution is 0.0601.